The van der Waals surface area contributed by atoms with Crippen LogP contribution in [-0.2, 0) is 114 Å². The molecule has 0 amide bonds. The summed E-state index contributed by atoms with van der Waals surface area (Å²) in [5, 5.41) is 21.9. The molecule has 1 N–H and O–H groups in total. The third-order valence-electron chi connectivity index (χ3n) is 28.2. The summed E-state index contributed by atoms with van der Waals surface area (Å²) < 4.78 is 4.43. The van der Waals surface area contributed by atoms with Crippen molar-refractivity contribution in [1.82, 2.24) is 24.1 Å². The first-order valence-electron chi connectivity index (χ1n) is 52.5. The van der Waals surface area contributed by atoms with Gasteiger partial charge in [0, 0.05) is 134 Å². The summed E-state index contributed by atoms with van der Waals surface area (Å²) in [5.74, 6) is 3.01. The fourth-order valence-corrected chi connectivity index (χ4v) is 19.0. The molecule has 0 saturated carbocycles. The van der Waals surface area contributed by atoms with Crippen molar-refractivity contribution in [2.45, 2.75) is 264 Å². The zero-order valence-corrected chi connectivity index (χ0v) is 103. The van der Waals surface area contributed by atoms with E-state index in [1.54, 1.807) is 4.90 Å². The second kappa shape index (κ2) is 52.1. The summed E-state index contributed by atoms with van der Waals surface area (Å²) in [6.07, 6.45) is 16.9. The van der Waals surface area contributed by atoms with E-state index in [1.165, 1.54) is 138 Å². The van der Waals surface area contributed by atoms with Crippen LogP contribution in [0.1, 0.15) is 276 Å². The molecule has 3 aromatic heterocycles. The fraction of sp³-hybridized carbons (Fsp3) is 0.297. The molecule has 0 spiro atoms. The molecule has 4 radical (unpaired) electrons. The third kappa shape index (κ3) is 29.9. The van der Waals surface area contributed by atoms with Crippen molar-refractivity contribution in [1.29, 1.82) is 5.41 Å². The Morgan fingerprint density at radius 3 is 1.07 bits per heavy atom. The molecule has 0 atom stereocenters. The number of unbranched alkanes of at least 4 members (excludes halogenated alkanes) is 3. The Bertz CT molecular complexity index is 7100. The number of hydrogen-bond donors (Lipinski definition) is 1. The van der Waals surface area contributed by atoms with E-state index in [4.69, 9.17) is 0 Å². The molecule has 3 heterocycles. The van der Waals surface area contributed by atoms with Crippen LogP contribution in [0.2, 0.25) is 0 Å². The van der Waals surface area contributed by atoms with E-state index in [0.29, 0.717) is 23.2 Å². The zero-order valence-electron chi connectivity index (χ0n) is 93.1. The second-order valence-electron chi connectivity index (χ2n) is 45.9. The van der Waals surface area contributed by atoms with Crippen LogP contribution in [0.3, 0.4) is 0 Å². The van der Waals surface area contributed by atoms with E-state index >= 15 is 0 Å². The number of rotatable bonds is 23. The Morgan fingerprint density at radius 1 is 0.333 bits per heavy atom. The zero-order chi connectivity index (χ0) is 105. The predicted molar refractivity (Wildman–Crippen MR) is 624 cm³/mol. The quantitative estimate of drug-likeness (QED) is 0.0299. The van der Waals surface area contributed by atoms with Gasteiger partial charge in [0.1, 0.15) is 0 Å². The first-order valence-corrected chi connectivity index (χ1v) is 52.5. The van der Waals surface area contributed by atoms with Gasteiger partial charge >= 0.3 is 0 Å². The van der Waals surface area contributed by atoms with Gasteiger partial charge in [0.25, 0.3) is 0 Å². The monoisotopic (exact) mass is 2690 g/mol. The van der Waals surface area contributed by atoms with Crippen molar-refractivity contribution in [2.75, 3.05) is 4.90 Å². The van der Waals surface area contributed by atoms with Gasteiger partial charge in [0.15, 0.2) is 0 Å². The average Bonchev–Trinajstić information content (AvgIpc) is 1.17. The molecule has 0 aliphatic heterocycles. The van der Waals surface area contributed by atoms with E-state index < -0.39 is 5.41 Å². The summed E-state index contributed by atoms with van der Waals surface area (Å²) >= 11 is 0. The topological polar surface area (TPSA) is 97.9 Å². The molecule has 12 heteroatoms. The van der Waals surface area contributed by atoms with Crippen molar-refractivity contribution in [2.24, 2.45) is 5.41 Å². The first kappa shape index (κ1) is 120. The molecule has 784 valence electrons. The van der Waals surface area contributed by atoms with Crippen LogP contribution in [-0.4, -0.2) is 35.8 Å². The van der Waals surface area contributed by atoms with Gasteiger partial charge in [-0.15, -0.1) is 143 Å². The Morgan fingerprint density at radius 2 is 0.700 bits per heavy atom. The van der Waals surface area contributed by atoms with Crippen molar-refractivity contribution in [3.05, 3.63) is 436 Å². The molecule has 8 nitrogen and oxygen atoms in total. The van der Waals surface area contributed by atoms with Crippen LogP contribution >= 0.6 is 0 Å². The molecule has 17 aromatic rings. The Hall–Kier alpha value is -11.6. The Kier molecular flexibility index (Phi) is 41.8. The Labute approximate surface area is 953 Å². The standard InChI is InChI=1S/C51H61N3.C37H36N.C27H27N2.C23H27N2.4Ir/c1-15-51(13,14)47(53)54(45-33(2)27-44(28-34(45)3)50(10,11)12)46(52)38-18-16-17-37(29-38)41-31-39(35-19-23-42(24-20-35)48(4,5)6)30-40(32-41)36-21-25-43(26-22-36)49(7,8)9;1-36(2,3)33-17-13-26(14-18-33)30-23-31(27-15-19-34(20-16-27)37(4,5)6)25-32(24-30)28-10-9-11-29(22-28)35-12-7-8-21-38-35;1-19(2)24-17-23(21-11-7-5-8-12-21)18-25(20(3)4)26(24)29-16-15-28-27(29)22-13-9-6-10-14-22;1-4-5-6-8-11-20-16-18(2)22(19(3)17-20)25-15-14-24-23(25)21-12-9-7-10-13-21;;;;/h16-17,19-32,53H,15H2,1-14H3;7-10,12-25H,1-6H3;5-13,15-20H,1-4H3;7,9-10,12,14-17H,4-6,8,11H2,1-3H3;;;;/q-2;3*-1;;;;. The molecule has 0 bridgehead atoms. The largest absolute Gasteiger partial charge is 0.520 e. The second-order valence-corrected chi connectivity index (χ2v) is 45.9. The number of aryl methyl sites for hydroxylation is 5. The minimum atomic E-state index is -0.485. The maximum absolute atomic E-state index is 12.3. The van der Waals surface area contributed by atoms with Gasteiger partial charge in [-0.25, -0.2) is 0 Å². The third-order valence-corrected chi connectivity index (χ3v) is 28.2. The van der Waals surface area contributed by atoms with Crippen LogP contribution in [0.4, 0.5) is 5.69 Å². The van der Waals surface area contributed by atoms with Crippen molar-refractivity contribution in [3.63, 3.8) is 0 Å². The van der Waals surface area contributed by atoms with Gasteiger partial charge in [-0.3, -0.25) is 9.97 Å². The van der Waals surface area contributed by atoms with Crippen LogP contribution in [0, 0.1) is 62.8 Å². The normalized spacial score (nSPS) is 11.6. The fourth-order valence-electron chi connectivity index (χ4n) is 19.0. The van der Waals surface area contributed by atoms with Crippen molar-refractivity contribution in [3.8, 4) is 123 Å². The molecule has 17 rings (SSSR count). The van der Waals surface area contributed by atoms with Gasteiger partial charge in [-0.2, -0.15) is 5.56 Å². The van der Waals surface area contributed by atoms with Gasteiger partial charge in [-0.05, 0) is 285 Å². The predicted octanol–water partition coefficient (Wildman–Crippen LogP) is 37.7. The van der Waals surface area contributed by atoms with Crippen LogP contribution in [0.15, 0.2) is 334 Å². The number of pyridine rings is 1. The van der Waals surface area contributed by atoms with Crippen LogP contribution < -0.4 is 4.90 Å². The molecule has 0 aliphatic carbocycles. The molecule has 0 unspecified atom stereocenters. The Balaban J connectivity index is 0.000000211. The number of amidine groups is 2. The summed E-state index contributed by atoms with van der Waals surface area (Å²) in [6.45, 7) is 59.8. The first-order chi connectivity index (χ1) is 69.3. The van der Waals surface area contributed by atoms with Crippen molar-refractivity contribution < 1.29 is 80.4 Å². The number of nitrogens with one attached hydrogen (secondary N) is 1. The van der Waals surface area contributed by atoms with Crippen molar-refractivity contribution >= 4 is 17.4 Å². The number of benzene rings is 14. The molecule has 0 saturated heterocycles. The number of aromatic nitrogens is 5. The van der Waals surface area contributed by atoms with E-state index in [2.05, 4.69) is 472 Å². The molecule has 0 fully saturated rings. The van der Waals surface area contributed by atoms with E-state index in [0.717, 1.165) is 96.2 Å². The van der Waals surface area contributed by atoms with Gasteiger partial charge in [0.2, 0.25) is 0 Å². The van der Waals surface area contributed by atoms with Gasteiger partial charge in [0.05, 0.1) is 11.6 Å². The number of hydrogen-bond acceptors (Lipinski definition) is 4. The van der Waals surface area contributed by atoms with Gasteiger partial charge in [-0.1, -0.05) is 342 Å². The number of anilines is 1. The minimum absolute atomic E-state index is 0. The SMILES string of the molecule is CC(C)(C)c1ccc(-c2cc(-c3ccc(C(C)(C)C)cc3)cc(-c3cc[c-]c(-c4ccccn4)c3)c2)cc1.CC(C)c1cc(-c2ccccc2)cc(C(C)C)c1-n1ccnc1-c1[c-]cccc1.CCC(C)(C)C(=N)N(C(=[N-])c1[c-]ccc(-c2cc(-c3ccc(C(C)(C)C)cc3)cc(-c3ccc(C(C)(C)C)cc3)c2)c1)c1c(C)cc(C(C)(C)C)cc1C.CCCCCCc1cc(C)c(-n2ccnc2-c2[c-]cccc2)c(C)c1.[Ir].[Ir].[Ir].[Ir]. The maximum Gasteiger partial charge on any atom is 0.0602 e. The summed E-state index contributed by atoms with van der Waals surface area (Å²) in [6, 6.07) is 122. The smallest absolute Gasteiger partial charge is 0.0602 e. The van der Waals surface area contributed by atoms with E-state index in [1.807, 2.05) is 97.6 Å². The van der Waals surface area contributed by atoms with Gasteiger partial charge < -0.3 is 29.8 Å². The van der Waals surface area contributed by atoms with E-state index in [-0.39, 0.29) is 113 Å². The van der Waals surface area contributed by atoms with Crippen LogP contribution in [0.25, 0.3) is 129 Å². The summed E-state index contributed by atoms with van der Waals surface area (Å²) in [7, 11) is 0. The average molecular weight is 2690 g/mol. The maximum atomic E-state index is 12.3. The molecule has 0 aliphatic rings. The van der Waals surface area contributed by atoms with Crippen LogP contribution in [0.5, 0.6) is 0 Å². The molecule has 150 heavy (non-hydrogen) atoms. The molecular weight excluding hydrogens is 2540 g/mol. The number of nitrogens with zero attached hydrogens (tertiary/aromatic N) is 7. The summed E-state index contributed by atoms with van der Waals surface area (Å²) in [4.78, 5) is 15.5. The number of imidazole rings is 2. The minimum Gasteiger partial charge on any atom is -0.520 e. The van der Waals surface area contributed by atoms with E-state index in [9.17, 15) is 10.8 Å². The molecule has 14 aromatic carbocycles. The summed E-state index contributed by atoms with van der Waals surface area (Å²) in [5.41, 5.74) is 39.3. The molecular formula is C138H151Ir4N8-5.